The zero-order valence-electron chi connectivity index (χ0n) is 9.59. The summed E-state index contributed by atoms with van der Waals surface area (Å²) in [6.07, 6.45) is -2.16. The van der Waals surface area contributed by atoms with Gasteiger partial charge in [0, 0.05) is 0 Å². The lowest BCUT2D eigenvalue weighted by atomic mass is 9.91. The van der Waals surface area contributed by atoms with Crippen LogP contribution in [-0.4, -0.2) is 31.6 Å². The molecule has 0 atom stereocenters. The fourth-order valence-electron chi connectivity index (χ4n) is 0.662. The van der Waals surface area contributed by atoms with Gasteiger partial charge in [-0.25, -0.2) is 13.6 Å². The Labute approximate surface area is 92.9 Å². The van der Waals surface area contributed by atoms with Gasteiger partial charge in [0.05, 0.1) is 5.41 Å². The smallest absolute Gasteiger partial charge is 0.344 e. The van der Waals surface area contributed by atoms with Crippen LogP contribution in [0.5, 0.6) is 0 Å². The fourth-order valence-corrected chi connectivity index (χ4v) is 0.662. The quantitative estimate of drug-likeness (QED) is 0.662. The molecule has 0 aliphatic carbocycles. The van der Waals surface area contributed by atoms with E-state index in [9.17, 15) is 18.4 Å². The van der Waals surface area contributed by atoms with Crippen LogP contribution >= 0.6 is 0 Å². The van der Waals surface area contributed by atoms with Gasteiger partial charge in [0.15, 0.2) is 13.2 Å². The van der Waals surface area contributed by atoms with Gasteiger partial charge in [-0.3, -0.25) is 4.79 Å². The van der Waals surface area contributed by atoms with Crippen LogP contribution in [-0.2, 0) is 19.1 Å². The van der Waals surface area contributed by atoms with Gasteiger partial charge in [0.1, 0.15) is 0 Å². The number of halogens is 2. The van der Waals surface area contributed by atoms with Crippen LogP contribution in [0.3, 0.4) is 0 Å². The molecule has 0 bridgehead atoms. The number of esters is 2. The summed E-state index contributed by atoms with van der Waals surface area (Å²) in [6, 6.07) is 0. The second kappa shape index (κ2) is 6.40. The normalized spacial score (nSPS) is 11.4. The predicted molar refractivity (Wildman–Crippen MR) is 52.0 cm³/mol. The van der Waals surface area contributed by atoms with E-state index < -0.39 is 37.0 Å². The molecule has 0 spiro atoms. The zero-order chi connectivity index (χ0) is 12.8. The van der Waals surface area contributed by atoms with Crippen LogP contribution in [0, 0.1) is 5.41 Å². The van der Waals surface area contributed by atoms with E-state index in [1.165, 1.54) is 0 Å². The molecule has 6 heteroatoms. The van der Waals surface area contributed by atoms with Crippen molar-refractivity contribution in [3.8, 4) is 0 Å². The molecule has 0 saturated heterocycles. The molecule has 0 saturated carbocycles. The maximum Gasteiger partial charge on any atom is 0.344 e. The Morgan fingerprint density at radius 3 is 2.25 bits per heavy atom. The number of carbonyl (C=O) groups is 2. The molecule has 0 aromatic carbocycles. The summed E-state index contributed by atoms with van der Waals surface area (Å²) in [7, 11) is 0. The van der Waals surface area contributed by atoms with Gasteiger partial charge in [-0.2, -0.15) is 0 Å². The van der Waals surface area contributed by atoms with Crippen LogP contribution in [0.2, 0.25) is 0 Å². The van der Waals surface area contributed by atoms with E-state index in [4.69, 9.17) is 0 Å². The Balaban J connectivity index is 3.89. The van der Waals surface area contributed by atoms with Crippen LogP contribution in [0.15, 0.2) is 0 Å². The first-order chi connectivity index (χ1) is 7.29. The second-order valence-corrected chi connectivity index (χ2v) is 3.89. The Morgan fingerprint density at radius 2 is 1.81 bits per heavy atom. The third kappa shape index (κ3) is 5.63. The molecule has 0 aliphatic rings. The number of alkyl halides is 2. The van der Waals surface area contributed by atoms with Crippen LogP contribution in [0.4, 0.5) is 8.78 Å². The maximum atomic E-state index is 11.7. The van der Waals surface area contributed by atoms with Gasteiger partial charge in [0.2, 0.25) is 0 Å². The molecule has 0 fully saturated rings. The van der Waals surface area contributed by atoms with Crippen molar-refractivity contribution in [2.75, 3.05) is 13.2 Å². The summed E-state index contributed by atoms with van der Waals surface area (Å²) in [4.78, 5) is 22.2. The molecule has 0 aliphatic heterocycles. The molecule has 4 nitrogen and oxygen atoms in total. The highest BCUT2D eigenvalue weighted by Gasteiger charge is 2.27. The summed E-state index contributed by atoms with van der Waals surface area (Å²) in [6.45, 7) is 3.53. The van der Waals surface area contributed by atoms with Gasteiger partial charge in [-0.15, -0.1) is 0 Å². The molecule has 0 heterocycles. The number of hydrogen-bond donors (Lipinski definition) is 0. The van der Waals surface area contributed by atoms with Gasteiger partial charge >= 0.3 is 11.9 Å². The van der Waals surface area contributed by atoms with E-state index in [2.05, 4.69) is 9.47 Å². The monoisotopic (exact) mass is 238 g/mol. The topological polar surface area (TPSA) is 52.6 Å². The first-order valence-electron chi connectivity index (χ1n) is 4.90. The third-order valence-corrected chi connectivity index (χ3v) is 2.13. The fraction of sp³-hybridized carbons (Fsp3) is 0.800. The van der Waals surface area contributed by atoms with Gasteiger partial charge in [0.25, 0.3) is 6.43 Å². The molecule has 0 rings (SSSR count). The van der Waals surface area contributed by atoms with Crippen molar-refractivity contribution >= 4 is 11.9 Å². The molecular weight excluding hydrogens is 222 g/mol. The lowest BCUT2D eigenvalue weighted by molar-refractivity contribution is -0.166. The molecule has 16 heavy (non-hydrogen) atoms. The number of carbonyl (C=O) groups excluding carboxylic acids is 2. The number of ether oxygens (including phenoxy) is 2. The van der Waals surface area contributed by atoms with Crippen LogP contribution in [0.25, 0.3) is 0 Å². The largest absolute Gasteiger partial charge is 0.457 e. The van der Waals surface area contributed by atoms with E-state index in [1.807, 2.05) is 0 Å². The predicted octanol–water partition coefficient (Wildman–Crippen LogP) is 1.77. The van der Waals surface area contributed by atoms with Crippen molar-refractivity contribution in [3.05, 3.63) is 0 Å². The van der Waals surface area contributed by atoms with Crippen molar-refractivity contribution in [2.24, 2.45) is 5.41 Å². The van der Waals surface area contributed by atoms with Crippen molar-refractivity contribution in [1.82, 2.24) is 0 Å². The van der Waals surface area contributed by atoms with Gasteiger partial charge in [-0.05, 0) is 20.3 Å². The minimum atomic E-state index is -2.72. The summed E-state index contributed by atoms with van der Waals surface area (Å²) in [5.74, 6) is -1.52. The maximum absolute atomic E-state index is 11.7. The highest BCUT2D eigenvalue weighted by molar-refractivity contribution is 5.79. The summed E-state index contributed by atoms with van der Waals surface area (Å²) in [5, 5.41) is 0. The average molecular weight is 238 g/mol. The highest BCUT2D eigenvalue weighted by Crippen LogP contribution is 2.21. The molecule has 94 valence electrons. The van der Waals surface area contributed by atoms with E-state index in [-0.39, 0.29) is 0 Å². The zero-order valence-corrected chi connectivity index (χ0v) is 9.59. The summed E-state index contributed by atoms with van der Waals surface area (Å²) in [5.41, 5.74) is -0.691. The minimum absolute atomic E-state index is 0.552. The summed E-state index contributed by atoms with van der Waals surface area (Å²) >= 11 is 0. The van der Waals surface area contributed by atoms with Crippen molar-refractivity contribution < 1.29 is 27.8 Å². The van der Waals surface area contributed by atoms with Crippen molar-refractivity contribution in [1.29, 1.82) is 0 Å². The Bertz CT molecular complexity index is 251. The van der Waals surface area contributed by atoms with E-state index in [1.54, 1.807) is 20.8 Å². The van der Waals surface area contributed by atoms with E-state index in [0.29, 0.717) is 6.42 Å². The second-order valence-electron chi connectivity index (χ2n) is 3.89. The van der Waals surface area contributed by atoms with Gasteiger partial charge in [-0.1, -0.05) is 6.92 Å². The Kier molecular flexibility index (Phi) is 5.92. The summed E-state index contributed by atoms with van der Waals surface area (Å²) < 4.78 is 32.1. The Hall–Kier alpha value is -1.20. The molecule has 0 aromatic rings. The van der Waals surface area contributed by atoms with Crippen LogP contribution in [0.1, 0.15) is 27.2 Å². The van der Waals surface area contributed by atoms with E-state index >= 15 is 0 Å². The first-order valence-corrected chi connectivity index (χ1v) is 4.90. The minimum Gasteiger partial charge on any atom is -0.457 e. The Morgan fingerprint density at radius 1 is 1.25 bits per heavy atom. The van der Waals surface area contributed by atoms with Crippen LogP contribution < -0.4 is 0 Å². The first kappa shape index (κ1) is 14.8. The standard InChI is InChI=1S/C10H16F2O4/c1-4-10(2,3)9(14)16-6-8(13)15-5-7(11)12/h7H,4-6H2,1-3H3. The number of hydrogen-bond acceptors (Lipinski definition) is 4. The SMILES string of the molecule is CCC(C)(C)C(=O)OCC(=O)OCC(F)F. The third-order valence-electron chi connectivity index (χ3n) is 2.13. The molecule has 0 amide bonds. The van der Waals surface area contributed by atoms with Crippen molar-refractivity contribution in [3.63, 3.8) is 0 Å². The molecule has 0 radical (unpaired) electrons. The molecule has 0 unspecified atom stereocenters. The lowest BCUT2D eigenvalue weighted by Crippen LogP contribution is -2.28. The highest BCUT2D eigenvalue weighted by atomic mass is 19.3. The number of rotatable bonds is 6. The molecular formula is C10H16F2O4. The van der Waals surface area contributed by atoms with E-state index in [0.717, 1.165) is 0 Å². The lowest BCUT2D eigenvalue weighted by Gasteiger charge is -2.19. The van der Waals surface area contributed by atoms with Crippen molar-refractivity contribution in [2.45, 2.75) is 33.6 Å². The van der Waals surface area contributed by atoms with Gasteiger partial charge < -0.3 is 9.47 Å². The average Bonchev–Trinajstić information content (AvgIpc) is 2.22. The molecule has 0 N–H and O–H groups in total. The molecule has 0 aromatic heterocycles.